The van der Waals surface area contributed by atoms with Gasteiger partial charge in [0.05, 0.1) is 19.1 Å². The number of carbonyl (C=O) groups excluding carboxylic acids is 4. The predicted octanol–water partition coefficient (Wildman–Crippen LogP) is 4.04. The summed E-state index contributed by atoms with van der Waals surface area (Å²) in [6.07, 6.45) is 5.17. The number of aromatic nitrogens is 1. The predicted molar refractivity (Wildman–Crippen MR) is 187 cm³/mol. The minimum absolute atomic E-state index is 0.0104. The number of carbonyl (C=O) groups is 4. The van der Waals surface area contributed by atoms with Crippen molar-refractivity contribution < 1.29 is 24.3 Å². The number of pyridine rings is 1. The number of aliphatic hydroxyl groups is 1. The van der Waals surface area contributed by atoms with Gasteiger partial charge >= 0.3 is 0 Å². The lowest BCUT2D eigenvalue weighted by atomic mass is 9.82. The number of benzene rings is 3. The monoisotopic (exact) mass is 670 g/mol. The fourth-order valence-electron chi connectivity index (χ4n) is 8.21. The van der Waals surface area contributed by atoms with Crippen molar-refractivity contribution in [2.75, 3.05) is 23.8 Å². The van der Waals surface area contributed by atoms with Gasteiger partial charge in [0.25, 0.3) is 5.91 Å². The molecule has 0 radical (unpaired) electrons. The summed E-state index contributed by atoms with van der Waals surface area (Å²) in [6.45, 7) is 2.04. The Morgan fingerprint density at radius 3 is 2.60 bits per heavy atom. The van der Waals surface area contributed by atoms with Crippen LogP contribution in [0.1, 0.15) is 57.9 Å². The third-order valence-corrected chi connectivity index (χ3v) is 10.6. The van der Waals surface area contributed by atoms with Crippen LogP contribution >= 0.6 is 0 Å². The summed E-state index contributed by atoms with van der Waals surface area (Å²) in [5.41, 5.74) is 8.06. The topological polar surface area (TPSA) is 144 Å². The number of likely N-dealkylation sites (tertiary alicyclic amines) is 1. The summed E-state index contributed by atoms with van der Waals surface area (Å²) in [6, 6.07) is 23.0. The molecule has 11 heteroatoms. The number of hydrogen-bond acceptors (Lipinski definition) is 8. The highest BCUT2D eigenvalue weighted by atomic mass is 16.3. The highest BCUT2D eigenvalue weighted by Gasteiger charge is 2.44. The third kappa shape index (κ3) is 5.92. The van der Waals surface area contributed by atoms with Crippen molar-refractivity contribution >= 4 is 35.0 Å². The van der Waals surface area contributed by atoms with Crippen molar-refractivity contribution in [3.63, 3.8) is 0 Å². The Bertz CT molecular complexity index is 2000. The largest absolute Gasteiger partial charge is 0.394 e. The van der Waals surface area contributed by atoms with E-state index in [0.29, 0.717) is 11.3 Å². The lowest BCUT2D eigenvalue weighted by Gasteiger charge is -2.39. The van der Waals surface area contributed by atoms with E-state index in [1.807, 2.05) is 42.7 Å². The van der Waals surface area contributed by atoms with Crippen LogP contribution in [0.5, 0.6) is 0 Å². The molecule has 2 fully saturated rings. The number of rotatable bonds is 8. The molecule has 1 aromatic heterocycles. The minimum atomic E-state index is -0.712. The second-order valence-electron chi connectivity index (χ2n) is 13.6. The van der Waals surface area contributed by atoms with E-state index in [9.17, 15) is 24.3 Å². The van der Waals surface area contributed by atoms with Gasteiger partial charge in [-0.2, -0.15) is 0 Å². The molecule has 2 saturated heterocycles. The van der Waals surface area contributed by atoms with Gasteiger partial charge in [-0.15, -0.1) is 0 Å². The van der Waals surface area contributed by atoms with Gasteiger partial charge in [0.15, 0.2) is 0 Å². The number of imide groups is 1. The first kappa shape index (κ1) is 31.9. The van der Waals surface area contributed by atoms with E-state index >= 15 is 0 Å². The van der Waals surface area contributed by atoms with Crippen LogP contribution in [0.2, 0.25) is 0 Å². The fraction of sp³-hybridized carbons (Fsp3) is 0.308. The van der Waals surface area contributed by atoms with E-state index < -0.39 is 11.9 Å². The zero-order valence-corrected chi connectivity index (χ0v) is 27.5. The third-order valence-electron chi connectivity index (χ3n) is 10.6. The molecule has 4 atom stereocenters. The summed E-state index contributed by atoms with van der Waals surface area (Å²) >= 11 is 0. The number of anilines is 2. The SMILES string of the molecule is O=C1CCC(N2Cc3c(CC(=O)Nc4cccc(-c5ccc6c(c5)[C@H]5[C@H](CCN5Cc5ccncc5)[C@@H](CO)N6)c4)cccc3C2=O)C(=O)N1. The van der Waals surface area contributed by atoms with E-state index in [4.69, 9.17) is 0 Å². The molecule has 1 unspecified atom stereocenters. The second kappa shape index (κ2) is 13.1. The Hall–Kier alpha value is -5.39. The first-order chi connectivity index (χ1) is 24.4. The van der Waals surface area contributed by atoms with Crippen molar-refractivity contribution in [2.45, 2.75) is 56.9 Å². The molecule has 50 heavy (non-hydrogen) atoms. The van der Waals surface area contributed by atoms with Crippen molar-refractivity contribution in [3.8, 4) is 11.1 Å². The van der Waals surface area contributed by atoms with Crippen molar-refractivity contribution in [3.05, 3.63) is 113 Å². The Morgan fingerprint density at radius 2 is 1.78 bits per heavy atom. The maximum Gasteiger partial charge on any atom is 0.255 e. The maximum absolute atomic E-state index is 13.4. The van der Waals surface area contributed by atoms with Crippen LogP contribution < -0.4 is 16.0 Å². The molecule has 4 amide bonds. The Kier molecular flexibility index (Phi) is 8.37. The number of piperidine rings is 1. The first-order valence-electron chi connectivity index (χ1n) is 17.2. The normalized spacial score (nSPS) is 22.7. The van der Waals surface area contributed by atoms with Crippen LogP contribution in [-0.2, 0) is 33.9 Å². The molecule has 5 heterocycles. The van der Waals surface area contributed by atoms with Crippen LogP contribution in [0, 0.1) is 5.92 Å². The molecule has 11 nitrogen and oxygen atoms in total. The lowest BCUT2D eigenvalue weighted by molar-refractivity contribution is -0.137. The van der Waals surface area contributed by atoms with E-state index in [0.717, 1.165) is 47.5 Å². The van der Waals surface area contributed by atoms with E-state index in [2.05, 4.69) is 56.2 Å². The molecule has 0 spiro atoms. The van der Waals surface area contributed by atoms with Crippen LogP contribution in [0.4, 0.5) is 11.4 Å². The van der Waals surface area contributed by atoms with Crippen LogP contribution in [0.15, 0.2) is 85.2 Å². The van der Waals surface area contributed by atoms with Gasteiger partial charge in [-0.3, -0.25) is 34.4 Å². The van der Waals surface area contributed by atoms with Crippen LogP contribution in [-0.4, -0.2) is 68.8 Å². The fourth-order valence-corrected chi connectivity index (χ4v) is 8.21. The number of aliphatic hydroxyl groups excluding tert-OH is 1. The number of fused-ring (bicyclic) bond motifs is 4. The molecule has 3 aromatic carbocycles. The summed E-state index contributed by atoms with van der Waals surface area (Å²) in [5, 5.41) is 19.2. The highest BCUT2D eigenvalue weighted by Crippen LogP contribution is 2.48. The molecule has 0 saturated carbocycles. The lowest BCUT2D eigenvalue weighted by Crippen LogP contribution is -2.52. The molecular formula is C39H38N6O5. The average molecular weight is 671 g/mol. The van der Waals surface area contributed by atoms with Gasteiger partial charge in [-0.05, 0) is 95.2 Å². The van der Waals surface area contributed by atoms with Gasteiger partial charge < -0.3 is 20.6 Å². The molecule has 254 valence electrons. The van der Waals surface area contributed by atoms with E-state index in [-0.39, 0.29) is 68.1 Å². The molecule has 0 bridgehead atoms. The number of nitrogens with zero attached hydrogens (tertiary/aromatic N) is 3. The molecule has 0 aliphatic carbocycles. The van der Waals surface area contributed by atoms with Crippen molar-refractivity contribution in [2.24, 2.45) is 5.92 Å². The number of nitrogens with one attached hydrogen (secondary N) is 3. The van der Waals surface area contributed by atoms with Gasteiger partial charge in [0, 0.05) is 60.8 Å². The molecule has 4 aliphatic heterocycles. The Labute approximate surface area is 289 Å². The summed E-state index contributed by atoms with van der Waals surface area (Å²) in [5.74, 6) is -0.992. The smallest absolute Gasteiger partial charge is 0.255 e. The quantitative estimate of drug-likeness (QED) is 0.206. The number of hydrogen-bond donors (Lipinski definition) is 4. The van der Waals surface area contributed by atoms with E-state index in [1.165, 1.54) is 16.0 Å². The van der Waals surface area contributed by atoms with Gasteiger partial charge in [-0.1, -0.05) is 30.3 Å². The first-order valence-corrected chi connectivity index (χ1v) is 17.2. The second-order valence-corrected chi connectivity index (χ2v) is 13.6. The maximum atomic E-state index is 13.4. The molecule has 4 aromatic rings. The Morgan fingerprint density at radius 1 is 0.960 bits per heavy atom. The molecule has 8 rings (SSSR count). The van der Waals surface area contributed by atoms with E-state index in [1.54, 1.807) is 12.1 Å². The van der Waals surface area contributed by atoms with Crippen molar-refractivity contribution in [1.29, 1.82) is 0 Å². The van der Waals surface area contributed by atoms with Gasteiger partial charge in [-0.25, -0.2) is 0 Å². The van der Waals surface area contributed by atoms with Gasteiger partial charge in [0.1, 0.15) is 6.04 Å². The van der Waals surface area contributed by atoms with Crippen LogP contribution in [0.25, 0.3) is 11.1 Å². The summed E-state index contributed by atoms with van der Waals surface area (Å²) in [4.78, 5) is 59.0. The summed E-state index contributed by atoms with van der Waals surface area (Å²) in [7, 11) is 0. The average Bonchev–Trinajstić information content (AvgIpc) is 3.70. The summed E-state index contributed by atoms with van der Waals surface area (Å²) < 4.78 is 0. The molecular weight excluding hydrogens is 632 g/mol. The van der Waals surface area contributed by atoms with Crippen molar-refractivity contribution in [1.82, 2.24) is 20.1 Å². The Balaban J connectivity index is 0.995. The minimum Gasteiger partial charge on any atom is -0.394 e. The van der Waals surface area contributed by atoms with Gasteiger partial charge in [0.2, 0.25) is 17.7 Å². The zero-order chi connectivity index (χ0) is 34.4. The molecule has 4 aliphatic rings. The highest BCUT2D eigenvalue weighted by molar-refractivity contribution is 6.06. The zero-order valence-electron chi connectivity index (χ0n) is 27.5. The standard InChI is InChI=1S/C39H38N6O5/c46-22-33-29-13-16-44(20-23-11-14-40-15-12-23)37(29)30-18-25(7-8-32(30)42-33)24-3-1-5-27(17-24)41-36(48)19-26-4-2-6-28-31(26)21-45(39(28)50)34-9-10-35(47)43-38(34)49/h1-8,11-12,14-15,17-18,29,33-34,37,42,46H,9-10,13,16,19-22H2,(H,41,48)(H,43,47,49)/t29-,33-,34?,37-/m1/s1. The number of amides is 4. The van der Waals surface area contributed by atoms with Crippen LogP contribution in [0.3, 0.4) is 0 Å². The molecule has 4 N–H and O–H groups in total.